The maximum Gasteiger partial charge on any atom is 0.0464 e. The molecule has 4 heteroatoms. The van der Waals surface area contributed by atoms with Crippen molar-refractivity contribution in [1.82, 2.24) is 0 Å². The van der Waals surface area contributed by atoms with Crippen LogP contribution in [0.1, 0.15) is 5.56 Å². The molecule has 0 aliphatic carbocycles. The first-order valence-corrected chi connectivity index (χ1v) is 5.84. The summed E-state index contributed by atoms with van der Waals surface area (Å²) in [6, 6.07) is 4.01. The Hall–Kier alpha value is -0.740. The minimum absolute atomic E-state index is 0.705. The lowest BCUT2D eigenvalue weighted by Crippen LogP contribution is -1.98. The van der Waals surface area contributed by atoms with Crippen LogP contribution in [0.15, 0.2) is 17.5 Å². The predicted molar refractivity (Wildman–Crippen MR) is 63.3 cm³/mol. The molecule has 4 N–H and O–H groups in total. The normalized spacial score (nSPS) is 10.8. The second-order valence-electron chi connectivity index (χ2n) is 2.82. The topological polar surface area (TPSA) is 52.0 Å². The van der Waals surface area contributed by atoms with Crippen LogP contribution < -0.4 is 11.5 Å². The van der Waals surface area contributed by atoms with E-state index in [1.54, 1.807) is 11.3 Å². The van der Waals surface area contributed by atoms with Gasteiger partial charge in [-0.2, -0.15) is 0 Å². The van der Waals surface area contributed by atoms with E-state index < -0.39 is 0 Å². The summed E-state index contributed by atoms with van der Waals surface area (Å²) in [5.41, 5.74) is 14.4. The average Bonchev–Trinajstić information content (AvgIpc) is 2.53. The molecule has 2 rings (SSSR count). The van der Waals surface area contributed by atoms with Gasteiger partial charge in [0, 0.05) is 32.4 Å². The fraction of sp³-hybridized carbons (Fsp3) is 0.111. The van der Waals surface area contributed by atoms with Gasteiger partial charge >= 0.3 is 0 Å². The summed E-state index contributed by atoms with van der Waals surface area (Å²) in [5.74, 6) is 0. The molecule has 0 bridgehead atoms. The third-order valence-corrected chi connectivity index (χ3v) is 3.50. The molecule has 2 nitrogen and oxygen atoms in total. The number of hydrogen-bond acceptors (Lipinski definition) is 3. The summed E-state index contributed by atoms with van der Waals surface area (Å²) < 4.78 is 1.15. The van der Waals surface area contributed by atoms with Gasteiger partial charge in [-0.25, -0.2) is 0 Å². The number of anilines is 2. The molecule has 68 valence electrons. The van der Waals surface area contributed by atoms with E-state index >= 15 is 0 Å². The molecule has 0 saturated carbocycles. The second-order valence-corrected chi connectivity index (χ2v) is 4.33. The van der Waals surface area contributed by atoms with Crippen molar-refractivity contribution in [3.63, 3.8) is 0 Å². The zero-order valence-electron chi connectivity index (χ0n) is 6.88. The SMILES string of the molecule is Nc1cc2sccc2c(N)c1CBr. The Kier molecular flexibility index (Phi) is 2.17. The molecule has 0 saturated heterocycles. The molecule has 13 heavy (non-hydrogen) atoms. The molecular formula is C9H9BrN2S. The lowest BCUT2D eigenvalue weighted by molar-refractivity contribution is 1.47. The van der Waals surface area contributed by atoms with Crippen LogP contribution in [0.25, 0.3) is 10.1 Å². The highest BCUT2D eigenvalue weighted by Crippen LogP contribution is 2.34. The summed E-state index contributed by atoms with van der Waals surface area (Å²) >= 11 is 5.04. The van der Waals surface area contributed by atoms with Crippen molar-refractivity contribution in [2.24, 2.45) is 0 Å². The van der Waals surface area contributed by atoms with Gasteiger partial charge in [0.25, 0.3) is 0 Å². The Morgan fingerprint density at radius 1 is 1.38 bits per heavy atom. The van der Waals surface area contributed by atoms with E-state index in [0.29, 0.717) is 5.33 Å². The first kappa shape index (κ1) is 8.84. The van der Waals surface area contributed by atoms with Gasteiger partial charge in [-0.15, -0.1) is 11.3 Å². The van der Waals surface area contributed by atoms with Crippen molar-refractivity contribution in [2.45, 2.75) is 5.33 Å². The van der Waals surface area contributed by atoms with Crippen LogP contribution in [0.2, 0.25) is 0 Å². The highest BCUT2D eigenvalue weighted by Gasteiger charge is 2.08. The van der Waals surface area contributed by atoms with E-state index in [4.69, 9.17) is 11.5 Å². The highest BCUT2D eigenvalue weighted by molar-refractivity contribution is 9.08. The predicted octanol–water partition coefficient (Wildman–Crippen LogP) is 2.96. The number of alkyl halides is 1. The summed E-state index contributed by atoms with van der Waals surface area (Å²) in [6.45, 7) is 0. The molecule has 0 spiro atoms. The number of thiophene rings is 1. The zero-order chi connectivity index (χ0) is 9.42. The number of rotatable bonds is 1. The first-order valence-electron chi connectivity index (χ1n) is 3.84. The Bertz CT molecular complexity index is 450. The smallest absolute Gasteiger partial charge is 0.0464 e. The molecule has 0 radical (unpaired) electrons. The Labute approximate surface area is 88.7 Å². The van der Waals surface area contributed by atoms with Crippen molar-refractivity contribution in [3.05, 3.63) is 23.1 Å². The van der Waals surface area contributed by atoms with Crippen LogP contribution >= 0.6 is 27.3 Å². The molecular weight excluding hydrogens is 248 g/mol. The van der Waals surface area contributed by atoms with Crippen molar-refractivity contribution < 1.29 is 0 Å². The minimum Gasteiger partial charge on any atom is -0.398 e. The number of fused-ring (bicyclic) bond motifs is 1. The van der Waals surface area contributed by atoms with Gasteiger partial charge in [0.1, 0.15) is 0 Å². The van der Waals surface area contributed by atoms with Crippen LogP contribution in [0.5, 0.6) is 0 Å². The Balaban J connectivity index is 2.85. The summed E-state index contributed by atoms with van der Waals surface area (Å²) in [5, 5.41) is 3.84. The van der Waals surface area contributed by atoms with Gasteiger partial charge in [0.05, 0.1) is 0 Å². The number of halogens is 1. The van der Waals surface area contributed by atoms with Crippen LogP contribution in [0.3, 0.4) is 0 Å². The van der Waals surface area contributed by atoms with E-state index in [9.17, 15) is 0 Å². The van der Waals surface area contributed by atoms with E-state index in [2.05, 4.69) is 15.9 Å². The maximum absolute atomic E-state index is 5.97. The largest absolute Gasteiger partial charge is 0.398 e. The van der Waals surface area contributed by atoms with E-state index in [-0.39, 0.29) is 0 Å². The molecule has 1 heterocycles. The Morgan fingerprint density at radius 3 is 2.85 bits per heavy atom. The van der Waals surface area contributed by atoms with E-state index in [1.165, 1.54) is 0 Å². The Morgan fingerprint density at radius 2 is 2.15 bits per heavy atom. The van der Waals surface area contributed by atoms with E-state index in [0.717, 1.165) is 27.0 Å². The van der Waals surface area contributed by atoms with Gasteiger partial charge in [-0.05, 0) is 17.5 Å². The second kappa shape index (κ2) is 3.20. The molecule has 1 aromatic heterocycles. The molecule has 0 atom stereocenters. The third-order valence-electron chi connectivity index (χ3n) is 2.08. The number of benzene rings is 1. The fourth-order valence-electron chi connectivity index (χ4n) is 1.35. The minimum atomic E-state index is 0.705. The third kappa shape index (κ3) is 1.30. The van der Waals surface area contributed by atoms with Gasteiger partial charge in [-0.3, -0.25) is 0 Å². The van der Waals surface area contributed by atoms with Crippen molar-refractivity contribution >= 4 is 48.7 Å². The van der Waals surface area contributed by atoms with Gasteiger partial charge in [0.2, 0.25) is 0 Å². The van der Waals surface area contributed by atoms with Gasteiger partial charge in [-0.1, -0.05) is 15.9 Å². The molecule has 1 aromatic carbocycles. The average molecular weight is 257 g/mol. The van der Waals surface area contributed by atoms with Crippen LogP contribution in [0, 0.1) is 0 Å². The molecule has 0 aliphatic heterocycles. The molecule has 0 unspecified atom stereocenters. The van der Waals surface area contributed by atoms with Crippen molar-refractivity contribution in [3.8, 4) is 0 Å². The fourth-order valence-corrected chi connectivity index (χ4v) is 2.83. The molecule has 0 amide bonds. The molecule has 0 aliphatic rings. The maximum atomic E-state index is 5.97. The summed E-state index contributed by atoms with van der Waals surface area (Å²) in [6.07, 6.45) is 0. The first-order chi connectivity index (χ1) is 6.24. The van der Waals surface area contributed by atoms with Crippen LogP contribution in [-0.4, -0.2) is 0 Å². The number of nitrogen functional groups attached to an aromatic ring is 2. The van der Waals surface area contributed by atoms with Gasteiger partial charge in [0.15, 0.2) is 0 Å². The number of nitrogens with two attached hydrogens (primary N) is 2. The lowest BCUT2D eigenvalue weighted by atomic mass is 10.1. The lowest BCUT2D eigenvalue weighted by Gasteiger charge is -2.07. The van der Waals surface area contributed by atoms with E-state index in [1.807, 2.05) is 17.5 Å². The van der Waals surface area contributed by atoms with Gasteiger partial charge < -0.3 is 11.5 Å². The highest BCUT2D eigenvalue weighted by atomic mass is 79.9. The van der Waals surface area contributed by atoms with Crippen LogP contribution in [-0.2, 0) is 5.33 Å². The molecule has 2 aromatic rings. The monoisotopic (exact) mass is 256 g/mol. The van der Waals surface area contributed by atoms with Crippen molar-refractivity contribution in [2.75, 3.05) is 11.5 Å². The summed E-state index contributed by atoms with van der Waals surface area (Å²) in [7, 11) is 0. The zero-order valence-corrected chi connectivity index (χ0v) is 9.28. The quantitative estimate of drug-likeness (QED) is 0.609. The standard InChI is InChI=1S/C9H9BrN2S/c10-4-6-7(11)3-8-5(9(6)12)1-2-13-8/h1-3H,4,11-12H2. The van der Waals surface area contributed by atoms with Crippen LogP contribution in [0.4, 0.5) is 11.4 Å². The van der Waals surface area contributed by atoms with Crippen molar-refractivity contribution in [1.29, 1.82) is 0 Å². The summed E-state index contributed by atoms with van der Waals surface area (Å²) in [4.78, 5) is 0. The number of hydrogen-bond donors (Lipinski definition) is 2. The molecule has 0 fully saturated rings.